The van der Waals surface area contributed by atoms with E-state index in [1.807, 2.05) is 6.92 Å². The molecule has 0 spiro atoms. The Morgan fingerprint density at radius 1 is 1.13 bits per heavy atom. The van der Waals surface area contributed by atoms with E-state index in [1.165, 1.54) is 0 Å². The zero-order valence-electron chi connectivity index (χ0n) is 10.9. The molecule has 0 amide bonds. The number of nitrogens with one attached hydrogen (secondary N) is 1. The zero-order chi connectivity index (χ0) is 11.9. The van der Waals surface area contributed by atoms with E-state index in [9.17, 15) is 5.11 Å². The lowest BCUT2D eigenvalue weighted by molar-refractivity contribution is -0.0113. The summed E-state index contributed by atoms with van der Waals surface area (Å²) in [7, 11) is 0. The summed E-state index contributed by atoms with van der Waals surface area (Å²) in [6.07, 6.45) is 0.978. The Hall–Kier alpha value is -0.120. The van der Waals surface area contributed by atoms with Gasteiger partial charge in [0, 0.05) is 31.7 Å². The van der Waals surface area contributed by atoms with Crippen LogP contribution in [0.15, 0.2) is 0 Å². The molecule has 0 aliphatic heterocycles. The highest BCUT2D eigenvalue weighted by atomic mass is 16.5. The molecular weight excluding hydrogens is 190 g/mol. The SMILES string of the molecule is CCOC(C)(C)CNCC(C)(CC)CO. The first-order valence-corrected chi connectivity index (χ1v) is 5.84. The van der Waals surface area contributed by atoms with Crippen molar-refractivity contribution >= 4 is 0 Å². The van der Waals surface area contributed by atoms with Gasteiger partial charge < -0.3 is 15.2 Å². The van der Waals surface area contributed by atoms with Crippen molar-refractivity contribution in [3.63, 3.8) is 0 Å². The Labute approximate surface area is 94.2 Å². The van der Waals surface area contributed by atoms with Gasteiger partial charge in [-0.05, 0) is 27.2 Å². The maximum Gasteiger partial charge on any atom is 0.0750 e. The number of aliphatic hydroxyl groups is 1. The molecule has 15 heavy (non-hydrogen) atoms. The van der Waals surface area contributed by atoms with Crippen molar-refractivity contribution in [2.75, 3.05) is 26.3 Å². The van der Waals surface area contributed by atoms with Crippen LogP contribution < -0.4 is 5.32 Å². The predicted molar refractivity (Wildman–Crippen MR) is 64.1 cm³/mol. The molecule has 0 rings (SSSR count). The van der Waals surface area contributed by atoms with E-state index in [2.05, 4.69) is 33.0 Å². The van der Waals surface area contributed by atoms with E-state index < -0.39 is 0 Å². The van der Waals surface area contributed by atoms with Crippen LogP contribution in [0.4, 0.5) is 0 Å². The Balaban J connectivity index is 3.87. The number of hydrogen-bond acceptors (Lipinski definition) is 3. The standard InChI is InChI=1S/C12H27NO2/c1-6-12(5,10-14)9-13-8-11(3,4)15-7-2/h13-14H,6-10H2,1-5H3. The first-order chi connectivity index (χ1) is 6.89. The van der Waals surface area contributed by atoms with Gasteiger partial charge in [-0.3, -0.25) is 0 Å². The van der Waals surface area contributed by atoms with Crippen LogP contribution in [0.1, 0.15) is 41.0 Å². The lowest BCUT2D eigenvalue weighted by atomic mass is 9.88. The molecular formula is C12H27NO2. The minimum Gasteiger partial charge on any atom is -0.396 e. The minimum atomic E-state index is -0.126. The van der Waals surface area contributed by atoms with E-state index in [0.717, 1.165) is 26.1 Å². The van der Waals surface area contributed by atoms with Gasteiger partial charge in [-0.1, -0.05) is 13.8 Å². The van der Waals surface area contributed by atoms with E-state index in [4.69, 9.17) is 4.74 Å². The summed E-state index contributed by atoms with van der Waals surface area (Å²) in [6, 6.07) is 0. The molecule has 0 radical (unpaired) electrons. The summed E-state index contributed by atoms with van der Waals surface area (Å²) in [6.45, 7) is 13.0. The van der Waals surface area contributed by atoms with Gasteiger partial charge in [-0.15, -0.1) is 0 Å². The van der Waals surface area contributed by atoms with E-state index in [0.29, 0.717) is 0 Å². The number of ether oxygens (including phenoxy) is 1. The van der Waals surface area contributed by atoms with Crippen LogP contribution in [0.5, 0.6) is 0 Å². The van der Waals surface area contributed by atoms with Crippen LogP contribution in [-0.2, 0) is 4.74 Å². The highest BCUT2D eigenvalue weighted by molar-refractivity contribution is 4.78. The monoisotopic (exact) mass is 217 g/mol. The van der Waals surface area contributed by atoms with Gasteiger partial charge in [0.05, 0.1) is 5.60 Å². The first-order valence-electron chi connectivity index (χ1n) is 5.84. The number of rotatable bonds is 8. The molecule has 2 N–H and O–H groups in total. The molecule has 0 bridgehead atoms. The highest BCUT2D eigenvalue weighted by Gasteiger charge is 2.23. The van der Waals surface area contributed by atoms with Crippen molar-refractivity contribution in [2.24, 2.45) is 5.41 Å². The van der Waals surface area contributed by atoms with Gasteiger partial charge in [0.2, 0.25) is 0 Å². The summed E-state index contributed by atoms with van der Waals surface area (Å²) in [5, 5.41) is 12.6. The van der Waals surface area contributed by atoms with Gasteiger partial charge in [0.1, 0.15) is 0 Å². The predicted octanol–water partition coefficient (Wildman–Crippen LogP) is 1.80. The minimum absolute atomic E-state index is 0.0116. The van der Waals surface area contributed by atoms with Crippen molar-refractivity contribution in [2.45, 2.75) is 46.6 Å². The molecule has 3 nitrogen and oxygen atoms in total. The van der Waals surface area contributed by atoms with Gasteiger partial charge in [-0.25, -0.2) is 0 Å². The molecule has 0 aromatic carbocycles. The fourth-order valence-electron chi connectivity index (χ4n) is 1.40. The largest absolute Gasteiger partial charge is 0.396 e. The van der Waals surface area contributed by atoms with Crippen LogP contribution in [0.2, 0.25) is 0 Å². The second-order valence-corrected chi connectivity index (χ2v) is 5.12. The molecule has 0 aliphatic rings. The molecule has 92 valence electrons. The van der Waals surface area contributed by atoms with E-state index in [-0.39, 0.29) is 17.6 Å². The smallest absolute Gasteiger partial charge is 0.0750 e. The molecule has 0 aromatic heterocycles. The van der Waals surface area contributed by atoms with Gasteiger partial charge >= 0.3 is 0 Å². The van der Waals surface area contributed by atoms with Crippen molar-refractivity contribution in [3.8, 4) is 0 Å². The molecule has 3 heteroatoms. The summed E-state index contributed by atoms with van der Waals surface area (Å²) in [4.78, 5) is 0. The van der Waals surface area contributed by atoms with Crippen LogP contribution in [0, 0.1) is 5.41 Å². The topological polar surface area (TPSA) is 41.5 Å². The third-order valence-corrected chi connectivity index (χ3v) is 2.87. The highest BCUT2D eigenvalue weighted by Crippen LogP contribution is 2.18. The zero-order valence-corrected chi connectivity index (χ0v) is 10.9. The maximum absolute atomic E-state index is 9.25. The molecule has 0 heterocycles. The third kappa shape index (κ3) is 6.13. The van der Waals surface area contributed by atoms with Crippen molar-refractivity contribution in [1.82, 2.24) is 5.32 Å². The Kier molecular flexibility index (Phi) is 6.41. The molecule has 0 saturated carbocycles. The fourth-order valence-corrected chi connectivity index (χ4v) is 1.40. The van der Waals surface area contributed by atoms with Crippen molar-refractivity contribution < 1.29 is 9.84 Å². The summed E-state index contributed by atoms with van der Waals surface area (Å²) < 4.78 is 5.59. The fraction of sp³-hybridized carbons (Fsp3) is 1.00. The Morgan fingerprint density at radius 3 is 2.13 bits per heavy atom. The quantitative estimate of drug-likeness (QED) is 0.651. The van der Waals surface area contributed by atoms with E-state index in [1.54, 1.807) is 0 Å². The molecule has 0 fully saturated rings. The van der Waals surface area contributed by atoms with Crippen LogP contribution in [0.25, 0.3) is 0 Å². The van der Waals surface area contributed by atoms with Crippen molar-refractivity contribution in [3.05, 3.63) is 0 Å². The van der Waals surface area contributed by atoms with Crippen molar-refractivity contribution in [1.29, 1.82) is 0 Å². The summed E-state index contributed by atoms with van der Waals surface area (Å²) in [5.74, 6) is 0. The molecule has 0 aromatic rings. The molecule has 0 aliphatic carbocycles. The first kappa shape index (κ1) is 14.9. The van der Waals surface area contributed by atoms with Crippen LogP contribution in [0.3, 0.4) is 0 Å². The normalized spacial score (nSPS) is 16.4. The van der Waals surface area contributed by atoms with Gasteiger partial charge in [-0.2, -0.15) is 0 Å². The van der Waals surface area contributed by atoms with Crippen LogP contribution >= 0.6 is 0 Å². The third-order valence-electron chi connectivity index (χ3n) is 2.87. The second kappa shape index (κ2) is 6.46. The molecule has 0 saturated heterocycles. The summed E-state index contributed by atoms with van der Waals surface area (Å²) in [5.41, 5.74) is -0.138. The van der Waals surface area contributed by atoms with Gasteiger partial charge in [0.25, 0.3) is 0 Å². The number of hydrogen-bond donors (Lipinski definition) is 2. The van der Waals surface area contributed by atoms with Crippen LogP contribution in [-0.4, -0.2) is 37.0 Å². The van der Waals surface area contributed by atoms with Gasteiger partial charge in [0.15, 0.2) is 0 Å². The lowest BCUT2D eigenvalue weighted by Crippen LogP contribution is -2.43. The average molecular weight is 217 g/mol. The van der Waals surface area contributed by atoms with E-state index >= 15 is 0 Å². The summed E-state index contributed by atoms with van der Waals surface area (Å²) >= 11 is 0. The Bertz CT molecular complexity index is 165. The second-order valence-electron chi connectivity index (χ2n) is 5.12. The molecule has 1 unspecified atom stereocenters. The Morgan fingerprint density at radius 2 is 1.73 bits per heavy atom. The average Bonchev–Trinajstić information content (AvgIpc) is 2.17. The molecule has 1 atom stereocenters. The maximum atomic E-state index is 9.25. The number of aliphatic hydroxyl groups excluding tert-OH is 1. The lowest BCUT2D eigenvalue weighted by Gasteiger charge is -2.30.